The average molecular weight is 495 g/mol. The number of aromatic nitrogens is 2. The number of hydrogen-bond acceptors (Lipinski definition) is 4. The molecule has 0 radical (unpaired) electrons. The summed E-state index contributed by atoms with van der Waals surface area (Å²) in [6, 6.07) is 21.5. The van der Waals surface area contributed by atoms with Crippen molar-refractivity contribution in [3.8, 4) is 0 Å². The zero-order chi connectivity index (χ0) is 24.3. The van der Waals surface area contributed by atoms with Gasteiger partial charge in [0.15, 0.2) is 0 Å². The monoisotopic (exact) mass is 494 g/mol. The van der Waals surface area contributed by atoms with Gasteiger partial charge in [-0.05, 0) is 42.0 Å². The quantitative estimate of drug-likeness (QED) is 0.412. The third-order valence-corrected chi connectivity index (χ3v) is 7.47. The first-order valence-corrected chi connectivity index (χ1v) is 12.3. The van der Waals surface area contributed by atoms with Gasteiger partial charge in [-0.1, -0.05) is 54.1 Å². The van der Waals surface area contributed by atoms with E-state index in [0.29, 0.717) is 16.5 Å². The number of hydrogen-bond donors (Lipinski definition) is 1. The van der Waals surface area contributed by atoms with Gasteiger partial charge in [0, 0.05) is 37.1 Å². The largest absolute Gasteiger partial charge is 0.338 e. The molecule has 4 rings (SSSR count). The SMILES string of the molecule is CN(c1cccc(Cl)c1)S(=O)(=O)c1cccc(C(=O)N[C@@H](c2ccccc2)c2nccn2C)c1. The van der Waals surface area contributed by atoms with Crippen molar-refractivity contribution in [2.24, 2.45) is 7.05 Å². The van der Waals surface area contributed by atoms with Crippen LogP contribution in [-0.4, -0.2) is 30.9 Å². The number of aryl methyl sites for hydroxylation is 1. The summed E-state index contributed by atoms with van der Waals surface area (Å²) < 4.78 is 29.4. The lowest BCUT2D eigenvalue weighted by molar-refractivity contribution is 0.0941. The van der Waals surface area contributed by atoms with Gasteiger partial charge >= 0.3 is 0 Å². The van der Waals surface area contributed by atoms with E-state index in [2.05, 4.69) is 10.3 Å². The molecule has 1 heterocycles. The molecule has 0 unspecified atom stereocenters. The van der Waals surface area contributed by atoms with E-state index in [1.165, 1.54) is 19.2 Å². The third kappa shape index (κ3) is 4.83. The maximum absolute atomic E-state index is 13.2. The van der Waals surface area contributed by atoms with Crippen LogP contribution < -0.4 is 9.62 Å². The molecule has 1 atom stereocenters. The molecule has 0 spiro atoms. The van der Waals surface area contributed by atoms with Gasteiger partial charge in [-0.25, -0.2) is 13.4 Å². The minimum Gasteiger partial charge on any atom is -0.338 e. The summed E-state index contributed by atoms with van der Waals surface area (Å²) in [7, 11) is -0.622. The Morgan fingerprint density at radius 1 is 1.03 bits per heavy atom. The van der Waals surface area contributed by atoms with Crippen LogP contribution in [0.3, 0.4) is 0 Å². The number of sulfonamides is 1. The fourth-order valence-corrected chi connectivity index (χ4v) is 5.00. The molecule has 1 aromatic heterocycles. The molecule has 0 aliphatic carbocycles. The first-order chi connectivity index (χ1) is 16.3. The fourth-order valence-electron chi connectivity index (χ4n) is 3.58. The van der Waals surface area contributed by atoms with Crippen LogP contribution in [0, 0.1) is 0 Å². The summed E-state index contributed by atoms with van der Waals surface area (Å²) in [6.07, 6.45) is 3.46. The highest BCUT2D eigenvalue weighted by Gasteiger charge is 2.25. The van der Waals surface area contributed by atoms with E-state index in [1.807, 2.05) is 41.9 Å². The number of nitrogens with one attached hydrogen (secondary N) is 1. The molecular formula is C25H23ClN4O3S. The Morgan fingerprint density at radius 2 is 1.76 bits per heavy atom. The minimum atomic E-state index is -3.92. The van der Waals surface area contributed by atoms with Crippen LogP contribution in [0.25, 0.3) is 0 Å². The Morgan fingerprint density at radius 3 is 2.44 bits per heavy atom. The fraction of sp³-hybridized carbons (Fsp3) is 0.120. The van der Waals surface area contributed by atoms with Crippen LogP contribution in [-0.2, 0) is 17.1 Å². The van der Waals surface area contributed by atoms with Gasteiger partial charge in [0.25, 0.3) is 15.9 Å². The molecule has 0 saturated heterocycles. The molecule has 3 aromatic carbocycles. The average Bonchev–Trinajstić information content (AvgIpc) is 3.28. The molecule has 1 N–H and O–H groups in total. The van der Waals surface area contributed by atoms with Crippen molar-refractivity contribution in [3.05, 3.63) is 113 Å². The molecule has 0 aliphatic rings. The van der Waals surface area contributed by atoms with Crippen molar-refractivity contribution in [1.29, 1.82) is 0 Å². The second-order valence-corrected chi connectivity index (χ2v) is 10.1. The van der Waals surface area contributed by atoms with Crippen molar-refractivity contribution in [2.75, 3.05) is 11.4 Å². The Hall–Kier alpha value is -3.62. The smallest absolute Gasteiger partial charge is 0.264 e. The molecule has 7 nitrogen and oxygen atoms in total. The van der Waals surface area contributed by atoms with Gasteiger partial charge in [0.1, 0.15) is 11.9 Å². The second-order valence-electron chi connectivity index (χ2n) is 7.69. The molecule has 9 heteroatoms. The maximum atomic E-state index is 13.2. The lowest BCUT2D eigenvalue weighted by Crippen LogP contribution is -2.31. The Labute approximate surface area is 203 Å². The first-order valence-electron chi connectivity index (χ1n) is 10.4. The Kier molecular flexibility index (Phi) is 6.72. The van der Waals surface area contributed by atoms with Crippen LogP contribution in [0.2, 0.25) is 5.02 Å². The van der Waals surface area contributed by atoms with Crippen LogP contribution >= 0.6 is 11.6 Å². The number of benzene rings is 3. The van der Waals surface area contributed by atoms with Gasteiger partial charge in [-0.15, -0.1) is 0 Å². The lowest BCUT2D eigenvalue weighted by atomic mass is 10.1. The van der Waals surface area contributed by atoms with Crippen molar-refractivity contribution < 1.29 is 13.2 Å². The number of anilines is 1. The zero-order valence-electron chi connectivity index (χ0n) is 18.6. The van der Waals surface area contributed by atoms with Gasteiger partial charge in [-0.3, -0.25) is 9.10 Å². The summed E-state index contributed by atoms with van der Waals surface area (Å²) >= 11 is 6.02. The summed E-state index contributed by atoms with van der Waals surface area (Å²) in [5.74, 6) is 0.239. The molecular weight excluding hydrogens is 472 g/mol. The number of carbonyl (C=O) groups is 1. The van der Waals surface area contributed by atoms with Crippen molar-refractivity contribution in [3.63, 3.8) is 0 Å². The van der Waals surface area contributed by atoms with Gasteiger partial charge in [-0.2, -0.15) is 0 Å². The van der Waals surface area contributed by atoms with Crippen LogP contribution in [0.15, 0.2) is 96.2 Å². The number of rotatable bonds is 7. The molecule has 0 saturated carbocycles. The maximum Gasteiger partial charge on any atom is 0.264 e. The van der Waals surface area contributed by atoms with E-state index in [0.717, 1.165) is 9.87 Å². The molecule has 0 fully saturated rings. The molecule has 34 heavy (non-hydrogen) atoms. The van der Waals surface area contributed by atoms with E-state index in [4.69, 9.17) is 11.6 Å². The predicted octanol–water partition coefficient (Wildman–Crippen LogP) is 4.42. The molecule has 0 bridgehead atoms. The van der Waals surface area contributed by atoms with E-state index in [-0.39, 0.29) is 10.5 Å². The number of nitrogens with zero attached hydrogens (tertiary/aromatic N) is 3. The van der Waals surface area contributed by atoms with Crippen molar-refractivity contribution in [2.45, 2.75) is 10.9 Å². The lowest BCUT2D eigenvalue weighted by Gasteiger charge is -2.21. The first kappa shape index (κ1) is 23.5. The number of imidazole rings is 1. The van der Waals surface area contributed by atoms with Gasteiger partial charge in [0.05, 0.1) is 10.6 Å². The third-order valence-electron chi connectivity index (χ3n) is 5.45. The standard InChI is InChI=1S/C25H23ClN4O3S/c1-29-15-14-27-24(29)23(18-8-4-3-5-9-18)28-25(31)19-10-6-13-22(16-19)34(32,33)30(2)21-12-7-11-20(26)17-21/h3-17,23H,1-2H3,(H,28,31)/t23-/m0/s1. The van der Waals surface area contributed by atoms with E-state index >= 15 is 0 Å². The summed E-state index contributed by atoms with van der Waals surface area (Å²) in [5.41, 5.74) is 1.49. The second kappa shape index (κ2) is 9.70. The molecule has 174 valence electrons. The number of amides is 1. The van der Waals surface area contributed by atoms with E-state index in [9.17, 15) is 13.2 Å². The summed E-state index contributed by atoms with van der Waals surface area (Å²) in [4.78, 5) is 17.6. The topological polar surface area (TPSA) is 84.3 Å². The van der Waals surface area contributed by atoms with Crippen molar-refractivity contribution >= 4 is 33.2 Å². The Balaban J connectivity index is 1.64. The normalized spacial score (nSPS) is 12.2. The summed E-state index contributed by atoms with van der Waals surface area (Å²) in [6.45, 7) is 0. The van der Waals surface area contributed by atoms with Crippen molar-refractivity contribution in [1.82, 2.24) is 14.9 Å². The van der Waals surface area contributed by atoms with E-state index < -0.39 is 22.0 Å². The van der Waals surface area contributed by atoms with E-state index in [1.54, 1.807) is 48.8 Å². The van der Waals surface area contributed by atoms with Gasteiger partial charge < -0.3 is 9.88 Å². The molecule has 1 amide bonds. The highest BCUT2D eigenvalue weighted by molar-refractivity contribution is 7.92. The minimum absolute atomic E-state index is 0.00382. The van der Waals surface area contributed by atoms with Crippen LogP contribution in [0.4, 0.5) is 5.69 Å². The van der Waals surface area contributed by atoms with Crippen LogP contribution in [0.1, 0.15) is 27.8 Å². The molecule has 4 aromatic rings. The summed E-state index contributed by atoms with van der Waals surface area (Å²) in [5, 5.41) is 3.42. The Bertz CT molecular complexity index is 1420. The van der Waals surface area contributed by atoms with Crippen LogP contribution in [0.5, 0.6) is 0 Å². The highest BCUT2D eigenvalue weighted by Crippen LogP contribution is 2.26. The zero-order valence-corrected chi connectivity index (χ0v) is 20.2. The predicted molar refractivity (Wildman–Crippen MR) is 132 cm³/mol. The van der Waals surface area contributed by atoms with Gasteiger partial charge in [0.2, 0.25) is 0 Å². The highest BCUT2D eigenvalue weighted by atomic mass is 35.5. The molecule has 0 aliphatic heterocycles. The number of carbonyl (C=O) groups excluding carboxylic acids is 1. The number of halogens is 1.